The first-order valence-corrected chi connectivity index (χ1v) is 9.03. The van der Waals surface area contributed by atoms with E-state index in [4.69, 9.17) is 9.47 Å². The van der Waals surface area contributed by atoms with Gasteiger partial charge < -0.3 is 24.6 Å². The SMILES string of the molecule is CN=C(NCc1cccnc1N1CCOCC1)N1CCC(COC)C1.I. The van der Waals surface area contributed by atoms with Gasteiger partial charge in [-0.3, -0.25) is 4.99 Å². The molecule has 0 radical (unpaired) electrons. The fraction of sp³-hybridized carbons (Fsp3) is 0.667. The second-order valence-corrected chi connectivity index (χ2v) is 6.54. The summed E-state index contributed by atoms with van der Waals surface area (Å²) in [5.41, 5.74) is 1.19. The highest BCUT2D eigenvalue weighted by molar-refractivity contribution is 14.0. The number of pyridine rings is 1. The van der Waals surface area contributed by atoms with Crippen molar-refractivity contribution in [3.05, 3.63) is 23.9 Å². The third-order valence-electron chi connectivity index (χ3n) is 4.81. The molecule has 1 N–H and O–H groups in total. The van der Waals surface area contributed by atoms with Crippen molar-refractivity contribution in [1.82, 2.24) is 15.2 Å². The van der Waals surface area contributed by atoms with E-state index in [1.165, 1.54) is 5.56 Å². The third kappa shape index (κ3) is 5.43. The van der Waals surface area contributed by atoms with Gasteiger partial charge in [0.25, 0.3) is 0 Å². The van der Waals surface area contributed by atoms with E-state index < -0.39 is 0 Å². The summed E-state index contributed by atoms with van der Waals surface area (Å²) in [6.45, 7) is 6.87. The first-order chi connectivity index (χ1) is 12.3. The average molecular weight is 475 g/mol. The molecule has 0 amide bonds. The van der Waals surface area contributed by atoms with Crippen molar-refractivity contribution in [3.8, 4) is 0 Å². The molecular weight excluding hydrogens is 445 g/mol. The fourth-order valence-corrected chi connectivity index (χ4v) is 3.53. The van der Waals surface area contributed by atoms with Gasteiger partial charge >= 0.3 is 0 Å². The van der Waals surface area contributed by atoms with Crippen LogP contribution in [-0.2, 0) is 16.0 Å². The molecule has 3 rings (SSSR count). The smallest absolute Gasteiger partial charge is 0.193 e. The van der Waals surface area contributed by atoms with Crippen molar-refractivity contribution < 1.29 is 9.47 Å². The number of likely N-dealkylation sites (tertiary alicyclic amines) is 1. The minimum atomic E-state index is 0. The largest absolute Gasteiger partial charge is 0.384 e. The number of guanidine groups is 1. The van der Waals surface area contributed by atoms with Crippen molar-refractivity contribution in [2.75, 3.05) is 65.1 Å². The van der Waals surface area contributed by atoms with Crippen LogP contribution in [0.3, 0.4) is 0 Å². The predicted octanol–water partition coefficient (Wildman–Crippen LogP) is 1.58. The predicted molar refractivity (Wildman–Crippen MR) is 114 cm³/mol. The van der Waals surface area contributed by atoms with E-state index in [1.54, 1.807) is 7.11 Å². The zero-order chi connectivity index (χ0) is 17.5. The number of aliphatic imine (C=N–C) groups is 1. The molecule has 1 aromatic rings. The molecule has 0 spiro atoms. The lowest BCUT2D eigenvalue weighted by molar-refractivity contribution is 0.122. The second kappa shape index (κ2) is 10.9. The van der Waals surface area contributed by atoms with Crippen LogP contribution in [0.4, 0.5) is 5.82 Å². The summed E-state index contributed by atoms with van der Waals surface area (Å²) in [5.74, 6) is 2.59. The highest BCUT2D eigenvalue weighted by Crippen LogP contribution is 2.19. The van der Waals surface area contributed by atoms with Crippen LogP contribution in [0.2, 0.25) is 0 Å². The molecule has 2 fully saturated rings. The van der Waals surface area contributed by atoms with Gasteiger partial charge in [0.2, 0.25) is 0 Å². The van der Waals surface area contributed by atoms with Gasteiger partial charge in [0.05, 0.1) is 19.8 Å². The number of morpholine rings is 1. The Bertz CT molecular complexity index is 580. The lowest BCUT2D eigenvalue weighted by Crippen LogP contribution is -2.41. The molecule has 3 heterocycles. The molecule has 2 aliphatic rings. The Morgan fingerprint density at radius 3 is 2.92 bits per heavy atom. The molecule has 0 saturated carbocycles. The van der Waals surface area contributed by atoms with E-state index in [1.807, 2.05) is 19.3 Å². The van der Waals surface area contributed by atoms with E-state index in [0.29, 0.717) is 5.92 Å². The van der Waals surface area contributed by atoms with Crippen LogP contribution in [0.1, 0.15) is 12.0 Å². The quantitative estimate of drug-likeness (QED) is 0.397. The number of ether oxygens (including phenoxy) is 2. The summed E-state index contributed by atoms with van der Waals surface area (Å²) in [6, 6.07) is 4.13. The van der Waals surface area contributed by atoms with Gasteiger partial charge in [-0.15, -0.1) is 24.0 Å². The molecule has 1 aromatic heterocycles. The van der Waals surface area contributed by atoms with E-state index in [-0.39, 0.29) is 24.0 Å². The number of nitrogens with one attached hydrogen (secondary N) is 1. The summed E-state index contributed by atoms with van der Waals surface area (Å²) in [6.07, 6.45) is 3.01. The summed E-state index contributed by atoms with van der Waals surface area (Å²) in [7, 11) is 3.61. The Morgan fingerprint density at radius 1 is 1.38 bits per heavy atom. The third-order valence-corrected chi connectivity index (χ3v) is 4.81. The molecule has 0 aromatic carbocycles. The van der Waals surface area contributed by atoms with Crippen LogP contribution in [0.15, 0.2) is 23.3 Å². The highest BCUT2D eigenvalue weighted by Gasteiger charge is 2.25. The Morgan fingerprint density at radius 2 is 2.19 bits per heavy atom. The summed E-state index contributed by atoms with van der Waals surface area (Å²) in [5, 5.41) is 3.51. The minimum Gasteiger partial charge on any atom is -0.384 e. The number of rotatable bonds is 5. The molecule has 26 heavy (non-hydrogen) atoms. The van der Waals surface area contributed by atoms with Crippen LogP contribution in [0, 0.1) is 5.92 Å². The van der Waals surface area contributed by atoms with Crippen molar-refractivity contribution in [1.29, 1.82) is 0 Å². The molecule has 0 aliphatic carbocycles. The highest BCUT2D eigenvalue weighted by atomic mass is 127. The first-order valence-electron chi connectivity index (χ1n) is 9.03. The number of methoxy groups -OCH3 is 1. The van der Waals surface area contributed by atoms with Crippen molar-refractivity contribution in [2.24, 2.45) is 10.9 Å². The molecule has 7 nitrogen and oxygen atoms in total. The summed E-state index contributed by atoms with van der Waals surface area (Å²) >= 11 is 0. The summed E-state index contributed by atoms with van der Waals surface area (Å²) in [4.78, 5) is 13.7. The normalized spacial score (nSPS) is 20.8. The zero-order valence-electron chi connectivity index (χ0n) is 15.7. The Labute approximate surface area is 173 Å². The van der Waals surface area contributed by atoms with Gasteiger partial charge in [0, 0.05) is 64.6 Å². The van der Waals surface area contributed by atoms with Crippen LogP contribution >= 0.6 is 24.0 Å². The molecule has 0 bridgehead atoms. The van der Waals surface area contributed by atoms with Crippen molar-refractivity contribution >= 4 is 35.8 Å². The maximum absolute atomic E-state index is 5.45. The Kier molecular flexibility index (Phi) is 8.86. The standard InChI is InChI=1S/C18H29N5O2.HI/c1-19-18(23-7-5-15(13-23)14-24-2)21-12-16-4-3-6-20-17(16)22-8-10-25-11-9-22;/h3-4,6,15H,5,7-14H2,1-2H3,(H,19,21);1H. The van der Waals surface area contributed by atoms with Gasteiger partial charge in [-0.1, -0.05) is 6.07 Å². The maximum atomic E-state index is 5.45. The summed E-state index contributed by atoms with van der Waals surface area (Å²) < 4.78 is 10.7. The van der Waals surface area contributed by atoms with Crippen LogP contribution < -0.4 is 10.2 Å². The number of halogens is 1. The topological polar surface area (TPSA) is 62.2 Å². The van der Waals surface area contributed by atoms with Crippen LogP contribution in [0.5, 0.6) is 0 Å². The fourth-order valence-electron chi connectivity index (χ4n) is 3.53. The van der Waals surface area contributed by atoms with Gasteiger partial charge in [0.15, 0.2) is 5.96 Å². The molecular formula is C18H30IN5O2. The van der Waals surface area contributed by atoms with Gasteiger partial charge in [-0.05, 0) is 12.5 Å². The second-order valence-electron chi connectivity index (χ2n) is 6.54. The van der Waals surface area contributed by atoms with E-state index in [0.717, 1.165) is 70.7 Å². The van der Waals surface area contributed by atoms with Crippen LogP contribution in [0.25, 0.3) is 0 Å². The lowest BCUT2D eigenvalue weighted by atomic mass is 10.1. The minimum absolute atomic E-state index is 0. The number of aromatic nitrogens is 1. The van der Waals surface area contributed by atoms with E-state index >= 15 is 0 Å². The Balaban J connectivity index is 0.00000243. The lowest BCUT2D eigenvalue weighted by Gasteiger charge is -2.30. The van der Waals surface area contributed by atoms with Crippen LogP contribution in [-0.4, -0.2) is 76.0 Å². The van der Waals surface area contributed by atoms with Gasteiger partial charge in [-0.2, -0.15) is 0 Å². The molecule has 1 unspecified atom stereocenters. The maximum Gasteiger partial charge on any atom is 0.193 e. The number of hydrogen-bond acceptors (Lipinski definition) is 5. The van der Waals surface area contributed by atoms with Crippen molar-refractivity contribution in [2.45, 2.75) is 13.0 Å². The van der Waals surface area contributed by atoms with Crippen molar-refractivity contribution in [3.63, 3.8) is 0 Å². The number of anilines is 1. The molecule has 2 saturated heterocycles. The zero-order valence-corrected chi connectivity index (χ0v) is 18.0. The first kappa shape index (κ1) is 21.2. The molecule has 146 valence electrons. The average Bonchev–Trinajstić information content (AvgIpc) is 3.12. The monoisotopic (exact) mass is 475 g/mol. The number of nitrogens with zero attached hydrogens (tertiary/aromatic N) is 4. The molecule has 1 atom stereocenters. The Hall–Kier alpha value is -1.13. The van der Waals surface area contributed by atoms with E-state index in [2.05, 4.69) is 31.2 Å². The number of hydrogen-bond donors (Lipinski definition) is 1. The molecule has 2 aliphatic heterocycles. The van der Waals surface area contributed by atoms with Gasteiger partial charge in [0.1, 0.15) is 5.82 Å². The van der Waals surface area contributed by atoms with Gasteiger partial charge in [-0.25, -0.2) is 4.98 Å². The van der Waals surface area contributed by atoms with E-state index in [9.17, 15) is 0 Å². The molecule has 8 heteroatoms.